The average Bonchev–Trinajstić information content (AvgIpc) is 2.92. The minimum Gasteiger partial charge on any atom is -0.355 e. The molecule has 0 saturated heterocycles. The Morgan fingerprint density at radius 3 is 1.36 bits per heavy atom. The van der Waals surface area contributed by atoms with Crippen molar-refractivity contribution in [3.63, 3.8) is 0 Å². The third-order valence-corrected chi connectivity index (χ3v) is 9.77. The molecule has 0 spiro atoms. The zero-order chi connectivity index (χ0) is 32.4. The minimum absolute atomic E-state index is 0.000481. The minimum atomic E-state index is -4.75. The molecule has 0 fully saturated rings. The summed E-state index contributed by atoms with van der Waals surface area (Å²) in [5.74, 6) is -1.55. The maximum absolute atomic E-state index is 13.9. The summed E-state index contributed by atoms with van der Waals surface area (Å²) in [6.07, 6.45) is 0. The number of rotatable bonds is 7. The third-order valence-electron chi connectivity index (χ3n) is 6.93. The van der Waals surface area contributed by atoms with Crippen molar-refractivity contribution in [2.45, 2.75) is 28.5 Å². The Morgan fingerprint density at radius 2 is 0.955 bits per heavy atom. The van der Waals surface area contributed by atoms with Crippen LogP contribution < -0.4 is 10.6 Å². The van der Waals surface area contributed by atoms with Crippen LogP contribution in [-0.4, -0.2) is 50.5 Å². The number of ketones is 2. The summed E-state index contributed by atoms with van der Waals surface area (Å²) < 4.78 is 99.7. The van der Waals surface area contributed by atoms with Crippen LogP contribution in [0.2, 0.25) is 0 Å². The molecule has 0 saturated carbocycles. The molecule has 16 heteroatoms. The Labute approximate surface area is 251 Å². The van der Waals surface area contributed by atoms with Crippen molar-refractivity contribution in [3.8, 4) is 0 Å². The fourth-order valence-corrected chi connectivity index (χ4v) is 6.85. The lowest BCUT2D eigenvalue weighted by atomic mass is 9.82. The van der Waals surface area contributed by atoms with Gasteiger partial charge in [-0.1, -0.05) is 12.1 Å². The van der Waals surface area contributed by atoms with Gasteiger partial charge in [-0.2, -0.15) is 25.3 Å². The van der Waals surface area contributed by atoms with Gasteiger partial charge in [0.1, 0.15) is 0 Å². The normalized spacial score (nSPS) is 13.3. The molecule has 0 unspecified atom stereocenters. The van der Waals surface area contributed by atoms with Gasteiger partial charge in [0.25, 0.3) is 30.4 Å². The van der Waals surface area contributed by atoms with Gasteiger partial charge in [0, 0.05) is 22.5 Å². The van der Waals surface area contributed by atoms with Crippen LogP contribution in [0.1, 0.15) is 43.0 Å². The third kappa shape index (κ3) is 5.73. The van der Waals surface area contributed by atoms with Crippen LogP contribution in [0, 0.1) is 13.8 Å². The molecule has 5 N–H and O–H groups in total. The molecule has 44 heavy (non-hydrogen) atoms. The molecule has 228 valence electrons. The van der Waals surface area contributed by atoms with Crippen LogP contribution >= 0.6 is 0 Å². The van der Waals surface area contributed by atoms with E-state index in [9.17, 15) is 48.5 Å². The number of carbonyl (C=O) groups is 2. The van der Waals surface area contributed by atoms with Crippen molar-refractivity contribution in [1.82, 2.24) is 0 Å². The Morgan fingerprint density at radius 1 is 0.523 bits per heavy atom. The molecule has 1 aliphatic rings. The second kappa shape index (κ2) is 10.6. The first-order valence-electron chi connectivity index (χ1n) is 12.4. The van der Waals surface area contributed by atoms with Gasteiger partial charge in [-0.05, 0) is 79.6 Å². The number of hydrogen-bond acceptors (Lipinski definition) is 10. The lowest BCUT2D eigenvalue weighted by Gasteiger charge is -2.24. The predicted octanol–water partition coefficient (Wildman–Crippen LogP) is 4.31. The molecule has 5 rings (SSSR count). The second-order valence-corrected chi connectivity index (χ2v) is 14.1. The van der Waals surface area contributed by atoms with Crippen LogP contribution in [0.4, 0.5) is 22.7 Å². The standard InChI is InChI=1S/C28H22N2O11S3/c1-14-3-5-16(11-23(14)43(36,37)38)29-21-9-10-22(30-17-6-4-15(2)24(12-17)44(39,40)41)26-25(21)27(31)19-8-7-18(42(33,34)35)13-20(19)28(26)32/h3-13,29-30H,1-2H3,(H,33,34,35)(H,36,37,38)(H,39,40,41). The highest BCUT2D eigenvalue weighted by atomic mass is 32.2. The molecule has 0 bridgehead atoms. The number of aryl methyl sites for hydroxylation is 2. The van der Waals surface area contributed by atoms with Gasteiger partial charge in [-0.15, -0.1) is 0 Å². The van der Waals surface area contributed by atoms with E-state index in [0.717, 1.165) is 30.3 Å². The lowest BCUT2D eigenvalue weighted by Crippen LogP contribution is -2.24. The quantitative estimate of drug-likeness (QED) is 0.154. The van der Waals surface area contributed by atoms with E-state index in [1.165, 1.54) is 50.2 Å². The Bertz CT molecular complexity index is 2260. The predicted molar refractivity (Wildman–Crippen MR) is 158 cm³/mol. The number of hydrogen-bond donors (Lipinski definition) is 5. The molecular weight excluding hydrogens is 637 g/mol. The highest BCUT2D eigenvalue weighted by Gasteiger charge is 2.35. The Kier molecular flexibility index (Phi) is 7.48. The highest BCUT2D eigenvalue weighted by molar-refractivity contribution is 7.86. The fourth-order valence-electron chi connectivity index (χ4n) is 4.84. The number of benzene rings is 4. The maximum atomic E-state index is 13.9. The summed E-state index contributed by atoms with van der Waals surface area (Å²) in [5, 5.41) is 5.76. The van der Waals surface area contributed by atoms with E-state index in [1.807, 2.05) is 0 Å². The number of nitrogens with one attached hydrogen (secondary N) is 2. The van der Waals surface area contributed by atoms with E-state index >= 15 is 0 Å². The van der Waals surface area contributed by atoms with Crippen molar-refractivity contribution in [1.29, 1.82) is 0 Å². The first-order chi connectivity index (χ1) is 20.4. The van der Waals surface area contributed by atoms with Crippen molar-refractivity contribution >= 4 is 64.7 Å². The molecule has 4 aromatic rings. The number of carbonyl (C=O) groups excluding carboxylic acids is 2. The van der Waals surface area contributed by atoms with Crippen LogP contribution in [0.5, 0.6) is 0 Å². The van der Waals surface area contributed by atoms with Crippen molar-refractivity contribution < 1.29 is 48.5 Å². The Hall–Kier alpha value is -4.45. The van der Waals surface area contributed by atoms with E-state index < -0.39 is 56.6 Å². The molecule has 0 amide bonds. The van der Waals surface area contributed by atoms with Crippen molar-refractivity contribution in [2.24, 2.45) is 0 Å². The van der Waals surface area contributed by atoms with Crippen LogP contribution in [-0.2, 0) is 30.4 Å². The number of fused-ring (bicyclic) bond motifs is 2. The summed E-state index contributed by atoms with van der Waals surface area (Å²) >= 11 is 0. The zero-order valence-electron chi connectivity index (χ0n) is 22.7. The first kappa shape index (κ1) is 31.0. The Balaban J connectivity index is 1.71. The topological polar surface area (TPSA) is 221 Å². The summed E-state index contributed by atoms with van der Waals surface area (Å²) in [5.41, 5.74) is -0.182. The average molecular weight is 659 g/mol. The van der Waals surface area contributed by atoms with E-state index in [-0.39, 0.29) is 56.1 Å². The molecule has 4 aromatic carbocycles. The molecule has 0 heterocycles. The van der Waals surface area contributed by atoms with E-state index in [0.29, 0.717) is 0 Å². The summed E-state index contributed by atoms with van der Waals surface area (Å²) in [6.45, 7) is 2.92. The molecule has 0 atom stereocenters. The van der Waals surface area contributed by atoms with Gasteiger partial charge in [-0.25, -0.2) is 0 Å². The smallest absolute Gasteiger partial charge is 0.294 e. The maximum Gasteiger partial charge on any atom is 0.294 e. The molecular formula is C28H22N2O11S3. The molecule has 0 aliphatic heterocycles. The molecule has 1 aliphatic carbocycles. The summed E-state index contributed by atoms with van der Waals surface area (Å²) in [6, 6.07) is 13.7. The second-order valence-electron chi connectivity index (χ2n) is 9.91. The monoisotopic (exact) mass is 658 g/mol. The summed E-state index contributed by atoms with van der Waals surface area (Å²) in [7, 11) is -14.0. The van der Waals surface area contributed by atoms with Gasteiger partial charge in [-0.3, -0.25) is 23.2 Å². The van der Waals surface area contributed by atoms with Gasteiger partial charge < -0.3 is 10.6 Å². The number of anilines is 4. The fraction of sp³-hybridized carbons (Fsp3) is 0.0714. The van der Waals surface area contributed by atoms with Gasteiger partial charge in [0.2, 0.25) is 0 Å². The van der Waals surface area contributed by atoms with Crippen molar-refractivity contribution in [3.05, 3.63) is 100 Å². The largest absolute Gasteiger partial charge is 0.355 e. The van der Waals surface area contributed by atoms with Crippen LogP contribution in [0.25, 0.3) is 0 Å². The van der Waals surface area contributed by atoms with Gasteiger partial charge >= 0.3 is 0 Å². The van der Waals surface area contributed by atoms with E-state index in [1.54, 1.807) is 0 Å². The lowest BCUT2D eigenvalue weighted by molar-refractivity contribution is 0.0980. The SMILES string of the molecule is Cc1ccc(Nc2ccc(Nc3ccc(C)c(S(=O)(=O)O)c3)c3c2C(=O)c2ccc(S(=O)(=O)O)cc2C3=O)cc1S(=O)(=O)O. The highest BCUT2D eigenvalue weighted by Crippen LogP contribution is 2.40. The molecule has 0 radical (unpaired) electrons. The molecule has 13 nitrogen and oxygen atoms in total. The zero-order valence-corrected chi connectivity index (χ0v) is 25.1. The molecule has 0 aromatic heterocycles. The summed E-state index contributed by atoms with van der Waals surface area (Å²) in [4.78, 5) is 26.3. The van der Waals surface area contributed by atoms with Crippen LogP contribution in [0.3, 0.4) is 0 Å². The first-order valence-corrected chi connectivity index (χ1v) is 16.8. The van der Waals surface area contributed by atoms with Gasteiger partial charge in [0.05, 0.1) is 37.2 Å². The van der Waals surface area contributed by atoms with Crippen LogP contribution in [0.15, 0.2) is 81.4 Å². The van der Waals surface area contributed by atoms with Gasteiger partial charge in [0.15, 0.2) is 11.6 Å². The van der Waals surface area contributed by atoms with Crippen molar-refractivity contribution in [2.75, 3.05) is 10.6 Å². The van der Waals surface area contributed by atoms with E-state index in [4.69, 9.17) is 0 Å². The van der Waals surface area contributed by atoms with E-state index in [2.05, 4.69) is 10.6 Å².